The molecule has 23 heavy (non-hydrogen) atoms. The van der Waals surface area contributed by atoms with Crippen LogP contribution in [0, 0.1) is 0 Å². The van der Waals surface area contributed by atoms with Gasteiger partial charge in [0.15, 0.2) is 5.65 Å². The summed E-state index contributed by atoms with van der Waals surface area (Å²) in [4.78, 5) is 18.9. The molecule has 0 radical (unpaired) electrons. The van der Waals surface area contributed by atoms with E-state index in [0.717, 1.165) is 53.1 Å². The Morgan fingerprint density at radius 1 is 1.43 bits per heavy atom. The molecule has 0 bridgehead atoms. The van der Waals surface area contributed by atoms with Gasteiger partial charge in [0.2, 0.25) is 0 Å². The molecule has 0 spiro atoms. The van der Waals surface area contributed by atoms with E-state index in [1.54, 1.807) is 11.6 Å². The molecule has 1 N–H and O–H groups in total. The Labute approximate surface area is 148 Å². The van der Waals surface area contributed by atoms with Crippen molar-refractivity contribution in [3.05, 3.63) is 45.4 Å². The maximum absolute atomic E-state index is 11.1. The Morgan fingerprint density at radius 2 is 2.30 bits per heavy atom. The van der Waals surface area contributed by atoms with Crippen LogP contribution in [0.25, 0.3) is 11.0 Å². The number of carbonyl (C=O) groups excluding carboxylic acids is 1. The average Bonchev–Trinajstić information content (AvgIpc) is 3.12. The minimum Gasteiger partial charge on any atom is -0.545 e. The molecule has 0 aromatic carbocycles. The van der Waals surface area contributed by atoms with E-state index >= 15 is 0 Å². The number of hydrogen-bond donors (Lipinski definition) is 1. The van der Waals surface area contributed by atoms with Crippen molar-refractivity contribution in [3.63, 3.8) is 0 Å². The van der Waals surface area contributed by atoms with Crippen molar-refractivity contribution in [2.24, 2.45) is 0 Å². The van der Waals surface area contributed by atoms with Crippen LogP contribution in [0.4, 0.5) is 0 Å². The smallest absolute Gasteiger partial charge is 0.545 e. The summed E-state index contributed by atoms with van der Waals surface area (Å²) in [5.74, 6) is -1.07. The number of carbonyl (C=O) groups is 1. The normalized spacial score (nSPS) is 14.4. The summed E-state index contributed by atoms with van der Waals surface area (Å²) >= 11 is 1.51. The van der Waals surface area contributed by atoms with Gasteiger partial charge in [-0.15, -0.1) is 11.3 Å². The molecule has 0 unspecified atom stereocenters. The van der Waals surface area contributed by atoms with Crippen LogP contribution in [0.1, 0.15) is 26.4 Å². The molecule has 0 atom stereocenters. The van der Waals surface area contributed by atoms with Crippen molar-refractivity contribution >= 4 is 28.3 Å². The summed E-state index contributed by atoms with van der Waals surface area (Å²) in [5, 5.41) is 20.6. The second-order valence-corrected chi connectivity index (χ2v) is 6.41. The first-order valence-corrected chi connectivity index (χ1v) is 7.89. The van der Waals surface area contributed by atoms with Crippen LogP contribution in [-0.4, -0.2) is 32.6 Å². The first-order chi connectivity index (χ1) is 10.7. The van der Waals surface area contributed by atoms with Gasteiger partial charge in [0.25, 0.3) is 0 Å². The van der Waals surface area contributed by atoms with E-state index in [2.05, 4.69) is 26.1 Å². The predicted molar refractivity (Wildman–Crippen MR) is 80.4 cm³/mol. The number of fused-ring (bicyclic) bond motifs is 2. The monoisotopic (exact) mass is 320 g/mol. The largest absolute Gasteiger partial charge is 1.00 e. The van der Waals surface area contributed by atoms with E-state index in [1.165, 1.54) is 11.3 Å². The van der Waals surface area contributed by atoms with Gasteiger partial charge in [-0.1, -0.05) is 0 Å². The SMILES string of the molecule is O=C([O-])c1csc2c1CCN(Cc1cnc3[nH]ncc3c1)C2.[Li+]. The number of aromatic nitrogens is 3. The quantitative estimate of drug-likeness (QED) is 0.561. The molecule has 3 aromatic heterocycles. The molecule has 0 fully saturated rings. The van der Waals surface area contributed by atoms with Gasteiger partial charge in [-0.2, -0.15) is 5.10 Å². The Hall–Kier alpha value is -1.65. The average molecular weight is 320 g/mol. The third kappa shape index (κ3) is 3.06. The number of thiophene rings is 1. The number of pyridine rings is 1. The number of carboxylic acids is 1. The number of nitrogens with one attached hydrogen (secondary N) is 1. The Bertz CT molecular complexity index is 860. The van der Waals surface area contributed by atoms with E-state index in [4.69, 9.17) is 0 Å². The minimum atomic E-state index is -1.07. The van der Waals surface area contributed by atoms with Crippen LogP contribution >= 0.6 is 11.3 Å². The second kappa shape index (κ2) is 6.46. The van der Waals surface area contributed by atoms with Crippen molar-refractivity contribution in [3.8, 4) is 0 Å². The van der Waals surface area contributed by atoms with Gasteiger partial charge < -0.3 is 9.90 Å². The third-order valence-electron chi connectivity index (χ3n) is 4.00. The van der Waals surface area contributed by atoms with Crippen molar-refractivity contribution in [2.75, 3.05) is 6.54 Å². The molecule has 0 saturated heterocycles. The van der Waals surface area contributed by atoms with Gasteiger partial charge in [0.05, 0.1) is 12.2 Å². The minimum absolute atomic E-state index is 0. The van der Waals surface area contributed by atoms with Crippen molar-refractivity contribution in [1.82, 2.24) is 20.1 Å². The molecule has 8 heteroatoms. The molecule has 112 valence electrons. The standard InChI is InChI=1S/C15H14N4O2S.Li/c20-15(21)12-8-22-13-7-19(2-1-11(12)13)6-9-3-10-5-17-18-14(10)16-4-9;/h3-5,8H,1-2,6-7H2,(H,20,21)(H,16,17,18);/q;+1/p-1. The first-order valence-electron chi connectivity index (χ1n) is 7.01. The van der Waals surface area contributed by atoms with Gasteiger partial charge in [-0.3, -0.25) is 10.00 Å². The van der Waals surface area contributed by atoms with Crippen molar-refractivity contribution < 1.29 is 28.8 Å². The van der Waals surface area contributed by atoms with Crippen LogP contribution in [-0.2, 0) is 19.5 Å². The topological polar surface area (TPSA) is 84.9 Å². The number of aromatic carboxylic acids is 1. The molecule has 1 aliphatic heterocycles. The molecular weight excluding hydrogens is 307 g/mol. The molecular formula is C15H13LiN4O2S. The number of aromatic amines is 1. The number of hydrogen-bond acceptors (Lipinski definition) is 6. The number of nitrogens with zero attached hydrogens (tertiary/aromatic N) is 3. The van der Waals surface area contributed by atoms with Gasteiger partial charge in [-0.05, 0) is 23.6 Å². The van der Waals surface area contributed by atoms with Crippen LogP contribution in [0.15, 0.2) is 23.8 Å². The van der Waals surface area contributed by atoms with Crippen LogP contribution in [0.2, 0.25) is 0 Å². The molecule has 4 rings (SSSR count). The fourth-order valence-electron chi connectivity index (χ4n) is 2.91. The first kappa shape index (κ1) is 16.2. The Balaban J connectivity index is 0.00000156. The summed E-state index contributed by atoms with van der Waals surface area (Å²) in [6.07, 6.45) is 4.38. The van der Waals surface area contributed by atoms with E-state index < -0.39 is 5.97 Å². The third-order valence-corrected chi connectivity index (χ3v) is 5.01. The fraction of sp³-hybridized carbons (Fsp3) is 0.267. The predicted octanol–water partition coefficient (Wildman–Crippen LogP) is -2.05. The summed E-state index contributed by atoms with van der Waals surface area (Å²) in [7, 11) is 0. The van der Waals surface area contributed by atoms with Gasteiger partial charge in [-0.25, -0.2) is 4.98 Å². The molecule has 4 heterocycles. The molecule has 3 aromatic rings. The molecule has 6 nitrogen and oxygen atoms in total. The Kier molecular flexibility index (Phi) is 4.55. The summed E-state index contributed by atoms with van der Waals surface area (Å²) in [6.45, 7) is 2.41. The molecule has 0 amide bonds. The van der Waals surface area contributed by atoms with Crippen LogP contribution in [0.3, 0.4) is 0 Å². The van der Waals surface area contributed by atoms with Gasteiger partial charge in [0.1, 0.15) is 0 Å². The molecule has 0 aliphatic carbocycles. The van der Waals surface area contributed by atoms with E-state index in [1.807, 2.05) is 6.20 Å². The van der Waals surface area contributed by atoms with Crippen molar-refractivity contribution in [1.29, 1.82) is 0 Å². The maximum Gasteiger partial charge on any atom is 1.00 e. The zero-order valence-corrected chi connectivity index (χ0v) is 13.5. The summed E-state index contributed by atoms with van der Waals surface area (Å²) in [6, 6.07) is 2.09. The Morgan fingerprint density at radius 3 is 3.13 bits per heavy atom. The van der Waals surface area contributed by atoms with Crippen LogP contribution in [0.5, 0.6) is 0 Å². The summed E-state index contributed by atoms with van der Waals surface area (Å²) in [5.41, 5.74) is 3.24. The number of rotatable bonds is 3. The zero-order valence-electron chi connectivity index (χ0n) is 12.7. The van der Waals surface area contributed by atoms with Gasteiger partial charge >= 0.3 is 18.9 Å². The summed E-state index contributed by atoms with van der Waals surface area (Å²) < 4.78 is 0. The van der Waals surface area contributed by atoms with Gasteiger partial charge in [0, 0.05) is 47.0 Å². The second-order valence-electron chi connectivity index (χ2n) is 5.45. The molecule has 0 saturated carbocycles. The number of H-pyrrole nitrogens is 1. The van der Waals surface area contributed by atoms with Crippen LogP contribution < -0.4 is 24.0 Å². The van der Waals surface area contributed by atoms with Crippen molar-refractivity contribution in [2.45, 2.75) is 19.5 Å². The maximum atomic E-state index is 11.1. The van der Waals surface area contributed by atoms with E-state index in [-0.39, 0.29) is 18.9 Å². The fourth-order valence-corrected chi connectivity index (χ4v) is 4.02. The van der Waals surface area contributed by atoms with E-state index in [9.17, 15) is 9.90 Å². The zero-order chi connectivity index (χ0) is 15.1. The van der Waals surface area contributed by atoms with E-state index in [0.29, 0.717) is 5.56 Å². The molecule has 1 aliphatic rings. The number of carboxylic acid groups (broad SMARTS) is 1.